The van der Waals surface area contributed by atoms with E-state index >= 15 is 0 Å². The lowest BCUT2D eigenvalue weighted by atomic mass is 9.53. The Hall–Kier alpha value is -2.34. The van der Waals surface area contributed by atoms with Crippen molar-refractivity contribution in [2.24, 2.45) is 17.3 Å². The maximum absolute atomic E-state index is 13.0. The van der Waals surface area contributed by atoms with Gasteiger partial charge >= 0.3 is 12.1 Å². The number of hydrogen-bond acceptors (Lipinski definition) is 5. The van der Waals surface area contributed by atoms with Crippen molar-refractivity contribution < 1.29 is 19.1 Å². The molecule has 0 radical (unpaired) electrons. The van der Waals surface area contributed by atoms with E-state index in [4.69, 9.17) is 9.47 Å². The monoisotopic (exact) mass is 424 g/mol. The highest BCUT2D eigenvalue weighted by Gasteiger charge is 2.57. The van der Waals surface area contributed by atoms with Crippen LogP contribution in [0.15, 0.2) is 18.2 Å². The lowest BCUT2D eigenvalue weighted by Crippen LogP contribution is -2.64. The van der Waals surface area contributed by atoms with Crippen molar-refractivity contribution in [3.05, 3.63) is 29.5 Å². The molecule has 3 unspecified atom stereocenters. The van der Waals surface area contributed by atoms with E-state index in [0.29, 0.717) is 29.5 Å². The summed E-state index contributed by atoms with van der Waals surface area (Å²) in [6.07, 6.45) is 2.78. The minimum absolute atomic E-state index is 0.238. The number of fused-ring (bicyclic) bond motifs is 4. The van der Waals surface area contributed by atoms with Crippen molar-refractivity contribution in [3.8, 4) is 5.75 Å². The number of rotatable bonds is 2. The topological polar surface area (TPSA) is 60.8 Å². The predicted octanol–water partition coefficient (Wildman–Crippen LogP) is 4.58. The Labute approximate surface area is 183 Å². The minimum atomic E-state index is -0.343. The highest BCUT2D eigenvalue weighted by Crippen LogP contribution is 2.59. The van der Waals surface area contributed by atoms with E-state index in [1.54, 1.807) is 10.6 Å². The van der Waals surface area contributed by atoms with Crippen LogP contribution < -0.4 is 4.74 Å². The van der Waals surface area contributed by atoms with Gasteiger partial charge in [-0.1, -0.05) is 27.2 Å². The molecular formula is C25H32N2O4. The average molecular weight is 425 g/mol. The van der Waals surface area contributed by atoms with Crippen molar-refractivity contribution >= 4 is 23.0 Å². The molecule has 3 aliphatic heterocycles. The van der Waals surface area contributed by atoms with Crippen LogP contribution in [0, 0.1) is 17.3 Å². The third kappa shape index (κ3) is 2.87. The standard InChI is InChI=1S/C25H32N2O4/c1-6-17-14(2)25(4)12-20-22(17)26(13-25)10-9-18-19-11-16(31-15(3)28)7-8-21(19)27(23(18)20)24(29)30-5/h7-8,11,14,17,20,22H,6,9-10,12-13H2,1-5H3/t14-,17+,20-,22?,25?/m1/s1. The fourth-order valence-electron chi connectivity index (χ4n) is 7.08. The molecule has 4 bridgehead atoms. The van der Waals surface area contributed by atoms with E-state index in [0.717, 1.165) is 48.9 Å². The molecule has 1 aromatic carbocycles. The number of ether oxygens (including phenoxy) is 2. The molecule has 4 heterocycles. The van der Waals surface area contributed by atoms with Gasteiger partial charge in [0.25, 0.3) is 0 Å². The van der Waals surface area contributed by atoms with E-state index in [1.165, 1.54) is 19.6 Å². The summed E-state index contributed by atoms with van der Waals surface area (Å²) in [6, 6.07) is 6.02. The quantitative estimate of drug-likeness (QED) is 0.522. The van der Waals surface area contributed by atoms with Gasteiger partial charge in [-0.2, -0.15) is 0 Å². The zero-order chi connectivity index (χ0) is 22.1. The normalized spacial score (nSPS) is 33.6. The third-order valence-corrected chi connectivity index (χ3v) is 8.44. The summed E-state index contributed by atoms with van der Waals surface area (Å²) >= 11 is 0. The van der Waals surface area contributed by atoms with Crippen LogP contribution in [0.3, 0.4) is 0 Å². The Morgan fingerprint density at radius 1 is 1.29 bits per heavy atom. The highest BCUT2D eigenvalue weighted by atomic mass is 16.5. The van der Waals surface area contributed by atoms with Gasteiger partial charge in [-0.15, -0.1) is 0 Å². The summed E-state index contributed by atoms with van der Waals surface area (Å²) in [6.45, 7) is 10.7. The smallest absolute Gasteiger partial charge is 0.418 e. The lowest BCUT2D eigenvalue weighted by Gasteiger charge is -2.62. The summed E-state index contributed by atoms with van der Waals surface area (Å²) in [5, 5.41) is 0.995. The molecule has 4 aliphatic rings. The fraction of sp³-hybridized carbons (Fsp3) is 0.600. The molecule has 0 amide bonds. The Balaban J connectivity index is 1.75. The summed E-state index contributed by atoms with van der Waals surface area (Å²) in [4.78, 5) is 27.2. The number of methoxy groups -OCH3 is 1. The molecule has 2 aromatic rings. The Morgan fingerprint density at radius 3 is 2.74 bits per heavy atom. The molecule has 6 heteroatoms. The van der Waals surface area contributed by atoms with Gasteiger partial charge in [-0.05, 0) is 53.9 Å². The summed E-state index contributed by atoms with van der Waals surface area (Å²) in [5.74, 6) is 1.75. The van der Waals surface area contributed by atoms with Crippen LogP contribution >= 0.6 is 0 Å². The van der Waals surface area contributed by atoms with Crippen molar-refractivity contribution in [1.29, 1.82) is 0 Å². The molecule has 1 saturated carbocycles. The number of aromatic nitrogens is 1. The molecule has 0 spiro atoms. The maximum atomic E-state index is 13.0. The van der Waals surface area contributed by atoms with E-state index < -0.39 is 0 Å². The second-order valence-electron chi connectivity index (χ2n) is 9.98. The molecule has 166 valence electrons. The van der Waals surface area contributed by atoms with Gasteiger partial charge in [0.2, 0.25) is 0 Å². The SMILES string of the molecule is CC[C@@H]1C2[C@H]3CC(C)(CN2CCc2c3n(C(=O)OC)c3ccc(OC(C)=O)cc23)[C@@H]1C. The molecule has 6 nitrogen and oxygen atoms in total. The Morgan fingerprint density at radius 2 is 2.06 bits per heavy atom. The van der Waals surface area contributed by atoms with E-state index in [9.17, 15) is 9.59 Å². The summed E-state index contributed by atoms with van der Waals surface area (Å²) in [5.41, 5.74) is 3.40. The first-order valence-electron chi connectivity index (χ1n) is 11.5. The average Bonchev–Trinajstić information content (AvgIpc) is 3.00. The molecular weight excluding hydrogens is 392 g/mol. The first-order chi connectivity index (χ1) is 14.8. The van der Waals surface area contributed by atoms with E-state index in [2.05, 4.69) is 25.7 Å². The maximum Gasteiger partial charge on any atom is 0.418 e. The van der Waals surface area contributed by atoms with Gasteiger partial charge < -0.3 is 9.47 Å². The van der Waals surface area contributed by atoms with Crippen LogP contribution in [0.2, 0.25) is 0 Å². The molecule has 0 N–H and O–H groups in total. The number of esters is 1. The number of carbonyl (C=O) groups excluding carboxylic acids is 2. The largest absolute Gasteiger partial charge is 0.452 e. The van der Waals surface area contributed by atoms with Gasteiger partial charge in [0.15, 0.2) is 0 Å². The first-order valence-corrected chi connectivity index (χ1v) is 11.5. The van der Waals surface area contributed by atoms with Crippen LogP contribution in [-0.2, 0) is 16.0 Å². The summed E-state index contributed by atoms with van der Waals surface area (Å²) < 4.78 is 12.4. The van der Waals surface area contributed by atoms with Crippen molar-refractivity contribution in [2.45, 2.75) is 58.9 Å². The zero-order valence-electron chi connectivity index (χ0n) is 19.1. The van der Waals surface area contributed by atoms with Crippen LogP contribution in [0.25, 0.3) is 10.9 Å². The van der Waals surface area contributed by atoms with E-state index in [-0.39, 0.29) is 17.5 Å². The number of nitrogens with zero attached hydrogens (tertiary/aromatic N) is 2. The molecule has 1 aliphatic carbocycles. The second-order valence-corrected chi connectivity index (χ2v) is 9.98. The van der Waals surface area contributed by atoms with Crippen LogP contribution in [0.4, 0.5) is 4.79 Å². The molecule has 6 atom stereocenters. The number of carbonyl (C=O) groups is 2. The predicted molar refractivity (Wildman–Crippen MR) is 119 cm³/mol. The van der Waals surface area contributed by atoms with Crippen molar-refractivity contribution in [2.75, 3.05) is 20.2 Å². The molecule has 31 heavy (non-hydrogen) atoms. The van der Waals surface area contributed by atoms with E-state index in [1.807, 2.05) is 12.1 Å². The van der Waals surface area contributed by atoms with Gasteiger partial charge in [0.05, 0.1) is 12.6 Å². The van der Waals surface area contributed by atoms with Crippen LogP contribution in [-0.4, -0.2) is 47.8 Å². The molecule has 3 fully saturated rings. The molecule has 2 saturated heterocycles. The number of benzene rings is 1. The lowest BCUT2D eigenvalue weighted by molar-refractivity contribution is -0.131. The summed E-state index contributed by atoms with van der Waals surface area (Å²) in [7, 11) is 1.45. The zero-order valence-corrected chi connectivity index (χ0v) is 19.1. The minimum Gasteiger partial charge on any atom is -0.452 e. The Kier molecular flexibility index (Phi) is 4.70. The fourth-order valence-corrected chi connectivity index (χ4v) is 7.08. The van der Waals surface area contributed by atoms with Crippen molar-refractivity contribution in [1.82, 2.24) is 9.47 Å². The highest BCUT2D eigenvalue weighted by molar-refractivity contribution is 5.95. The van der Waals surface area contributed by atoms with Gasteiger partial charge in [-0.25, -0.2) is 9.36 Å². The van der Waals surface area contributed by atoms with Crippen molar-refractivity contribution in [3.63, 3.8) is 0 Å². The van der Waals surface area contributed by atoms with Gasteiger partial charge in [0, 0.05) is 43.1 Å². The Bertz CT molecular complexity index is 1070. The second kappa shape index (κ2) is 7.09. The third-order valence-electron chi connectivity index (χ3n) is 8.44. The van der Waals surface area contributed by atoms with Gasteiger partial charge in [-0.3, -0.25) is 9.69 Å². The van der Waals surface area contributed by atoms with Crippen LogP contribution in [0.1, 0.15) is 57.7 Å². The van der Waals surface area contributed by atoms with Crippen LogP contribution in [0.5, 0.6) is 5.75 Å². The van der Waals surface area contributed by atoms with Gasteiger partial charge in [0.1, 0.15) is 5.75 Å². The number of hydrogen-bond donors (Lipinski definition) is 0. The molecule has 6 rings (SSSR count). The molecule has 1 aromatic heterocycles. The number of piperidine rings is 2. The first kappa shape index (κ1) is 20.6.